The first-order valence-corrected chi connectivity index (χ1v) is 7.92. The van der Waals surface area contributed by atoms with Gasteiger partial charge in [-0.2, -0.15) is 0 Å². The van der Waals surface area contributed by atoms with Gasteiger partial charge in [0.05, 0.1) is 0 Å². The molecule has 60 valence electrons. The van der Waals surface area contributed by atoms with Crippen molar-refractivity contribution in [1.29, 1.82) is 0 Å². The quantitative estimate of drug-likeness (QED) is 0.550. The Kier molecular flexibility index (Phi) is 1.85. The average molecular weight is 157 g/mol. The van der Waals surface area contributed by atoms with Gasteiger partial charge in [0, 0.05) is 9.44 Å². The van der Waals surface area contributed by atoms with E-state index in [2.05, 4.69) is 26.6 Å². The molecule has 1 fully saturated rings. The minimum absolute atomic E-state index is 0.0447. The maximum Gasteiger partial charge on any atom is 0.0476 e. The lowest BCUT2D eigenvalue weighted by molar-refractivity contribution is 0.704. The van der Waals surface area contributed by atoms with E-state index in [-0.39, 0.29) is 5.52 Å². The van der Waals surface area contributed by atoms with Gasteiger partial charge in [0.25, 0.3) is 0 Å². The molecule has 0 spiro atoms. The van der Waals surface area contributed by atoms with Crippen molar-refractivity contribution in [1.82, 2.24) is 0 Å². The van der Waals surface area contributed by atoms with Crippen LogP contribution in [0.5, 0.6) is 0 Å². The third-order valence-corrected chi connectivity index (χ3v) is 4.94. The van der Waals surface area contributed by atoms with E-state index >= 15 is 0 Å². The summed E-state index contributed by atoms with van der Waals surface area (Å²) >= 11 is 0. The Labute approximate surface area is 67.4 Å². The molecule has 1 aliphatic carbocycles. The third kappa shape index (κ3) is 1.85. The number of rotatable bonds is 3. The molecule has 0 aromatic carbocycles. The van der Waals surface area contributed by atoms with E-state index in [1.165, 1.54) is 19.3 Å². The summed E-state index contributed by atoms with van der Waals surface area (Å²) in [5, 5.41) is 0. The summed E-state index contributed by atoms with van der Waals surface area (Å²) < 4.78 is 8.22. The van der Waals surface area contributed by atoms with Gasteiger partial charge < -0.3 is 0 Å². The van der Waals surface area contributed by atoms with E-state index in [0.29, 0.717) is 0 Å². The zero-order chi connectivity index (χ0) is 8.70. The highest BCUT2D eigenvalue weighted by molar-refractivity contribution is 6.78. The fourth-order valence-electron chi connectivity index (χ4n) is 1.75. The molecule has 1 unspecified atom stereocenters. The topological polar surface area (TPSA) is 0 Å². The molecule has 1 heteroatoms. The average Bonchev–Trinajstić information content (AvgIpc) is 2.43. The van der Waals surface area contributed by atoms with Gasteiger partial charge in [-0.05, 0) is 17.9 Å². The first-order valence-electron chi connectivity index (χ1n) is 4.92. The summed E-state index contributed by atoms with van der Waals surface area (Å²) in [5.41, 5.74) is 0.0447. The maximum atomic E-state index is 8.22. The Morgan fingerprint density at radius 3 is 2.40 bits per heavy atom. The zero-order valence-electron chi connectivity index (χ0n) is 8.70. The Bertz CT molecular complexity index is 150. The predicted molar refractivity (Wildman–Crippen MR) is 50.1 cm³/mol. The Morgan fingerprint density at radius 2 is 2.10 bits per heavy atom. The predicted octanol–water partition coefficient (Wildman–Crippen LogP) is 3.51. The highest BCUT2D eigenvalue weighted by Crippen LogP contribution is 2.53. The largest absolute Gasteiger partial charge is 0.0693 e. The van der Waals surface area contributed by atoms with Gasteiger partial charge in [-0.25, -0.2) is 0 Å². The first-order chi connectivity index (χ1) is 4.92. The van der Waals surface area contributed by atoms with Crippen LogP contribution in [0.1, 0.15) is 27.6 Å². The molecule has 0 bridgehead atoms. The Morgan fingerprint density at radius 1 is 1.50 bits per heavy atom. The van der Waals surface area contributed by atoms with Crippen LogP contribution in [0.25, 0.3) is 0 Å². The molecule has 0 amide bonds. The van der Waals surface area contributed by atoms with E-state index in [4.69, 9.17) is 1.37 Å². The van der Waals surface area contributed by atoms with Crippen molar-refractivity contribution in [3.8, 4) is 0 Å². The summed E-state index contributed by atoms with van der Waals surface area (Å²) in [6.07, 6.45) is 3.74. The lowest BCUT2D eigenvalue weighted by Crippen LogP contribution is -2.20. The van der Waals surface area contributed by atoms with E-state index in [9.17, 15) is 0 Å². The van der Waals surface area contributed by atoms with Crippen molar-refractivity contribution in [2.75, 3.05) is 0 Å². The Balaban J connectivity index is 2.49. The first kappa shape index (κ1) is 6.90. The summed E-state index contributed by atoms with van der Waals surface area (Å²) in [6, 6.07) is 0. The highest BCUT2D eigenvalue weighted by atomic mass is 28.3. The van der Waals surface area contributed by atoms with Crippen molar-refractivity contribution in [3.05, 3.63) is 0 Å². The van der Waals surface area contributed by atoms with Crippen molar-refractivity contribution in [2.45, 2.75) is 51.3 Å². The molecule has 1 aliphatic rings. The van der Waals surface area contributed by atoms with Crippen LogP contribution in [-0.2, 0) is 0 Å². The van der Waals surface area contributed by atoms with Crippen LogP contribution in [0.2, 0.25) is 25.2 Å². The SMILES string of the molecule is [2H]C1([Si](C)(C)C)C[C@H]1CCC. The van der Waals surface area contributed by atoms with Crippen LogP contribution in [-0.4, -0.2) is 8.07 Å². The van der Waals surface area contributed by atoms with Crippen LogP contribution in [0, 0.1) is 5.92 Å². The van der Waals surface area contributed by atoms with Gasteiger partial charge in [0.2, 0.25) is 0 Å². The molecule has 1 rings (SSSR count). The summed E-state index contributed by atoms with van der Waals surface area (Å²) in [7, 11) is -1.18. The molecule has 0 radical (unpaired) electrons. The van der Waals surface area contributed by atoms with Gasteiger partial charge >= 0.3 is 0 Å². The van der Waals surface area contributed by atoms with Gasteiger partial charge in [0.1, 0.15) is 0 Å². The van der Waals surface area contributed by atoms with Gasteiger partial charge in [-0.15, -0.1) is 0 Å². The maximum absolute atomic E-state index is 8.22. The van der Waals surface area contributed by atoms with Gasteiger partial charge in [-0.1, -0.05) is 39.4 Å². The fourth-order valence-corrected chi connectivity index (χ4v) is 3.98. The lowest BCUT2D eigenvalue weighted by atomic mass is 10.2. The third-order valence-electron chi connectivity index (χ3n) is 2.40. The number of hydrogen-bond acceptors (Lipinski definition) is 0. The molecule has 0 N–H and O–H groups in total. The van der Waals surface area contributed by atoms with E-state index in [1.54, 1.807) is 0 Å². The molecule has 10 heavy (non-hydrogen) atoms. The highest BCUT2D eigenvalue weighted by Gasteiger charge is 2.44. The molecule has 2 atom stereocenters. The molecule has 0 saturated heterocycles. The van der Waals surface area contributed by atoms with Crippen molar-refractivity contribution in [2.24, 2.45) is 5.92 Å². The molecule has 0 aliphatic heterocycles. The van der Waals surface area contributed by atoms with Crippen LogP contribution >= 0.6 is 0 Å². The fraction of sp³-hybridized carbons (Fsp3) is 1.00. The molecule has 0 aromatic heterocycles. The second-order valence-electron chi connectivity index (χ2n) is 4.46. The summed E-state index contributed by atoms with van der Waals surface area (Å²) in [5.74, 6) is 0.749. The standard InChI is InChI=1S/C9H20Si/c1-5-6-8-7-9(8)10(2,3)4/h8-9H,5-7H2,1-4H3/t8-,9?/m1/s1/i9D. The van der Waals surface area contributed by atoms with E-state index in [1.807, 2.05) is 0 Å². The smallest absolute Gasteiger partial charge is 0.0476 e. The minimum atomic E-state index is -1.18. The van der Waals surface area contributed by atoms with E-state index < -0.39 is 8.07 Å². The summed E-state index contributed by atoms with van der Waals surface area (Å²) in [6.45, 7) is 9.21. The second-order valence-corrected chi connectivity index (χ2v) is 9.61. The van der Waals surface area contributed by atoms with Crippen LogP contribution in [0.15, 0.2) is 0 Å². The molecule has 0 aromatic rings. The van der Waals surface area contributed by atoms with Crippen LogP contribution in [0.4, 0.5) is 0 Å². The van der Waals surface area contributed by atoms with E-state index in [0.717, 1.165) is 5.92 Å². The van der Waals surface area contributed by atoms with Crippen molar-refractivity contribution >= 4 is 8.07 Å². The van der Waals surface area contributed by atoms with Crippen LogP contribution < -0.4 is 0 Å². The van der Waals surface area contributed by atoms with Crippen LogP contribution in [0.3, 0.4) is 0 Å². The monoisotopic (exact) mass is 157 g/mol. The minimum Gasteiger partial charge on any atom is -0.0693 e. The Hall–Kier alpha value is 0.217. The summed E-state index contributed by atoms with van der Waals surface area (Å²) in [4.78, 5) is 0. The number of hydrogen-bond donors (Lipinski definition) is 0. The molecular formula is C9H20Si. The lowest BCUT2D eigenvalue weighted by Gasteiger charge is -2.14. The normalized spacial score (nSPS) is 41.2. The molecule has 0 nitrogen and oxygen atoms in total. The van der Waals surface area contributed by atoms with Crippen molar-refractivity contribution in [3.63, 3.8) is 0 Å². The second kappa shape index (κ2) is 2.69. The molecular weight excluding hydrogens is 136 g/mol. The zero-order valence-corrected chi connectivity index (χ0v) is 8.70. The van der Waals surface area contributed by atoms with Gasteiger partial charge in [-0.3, -0.25) is 0 Å². The molecule has 0 heterocycles. The van der Waals surface area contributed by atoms with Gasteiger partial charge in [0.15, 0.2) is 0 Å². The van der Waals surface area contributed by atoms with Crippen molar-refractivity contribution < 1.29 is 1.37 Å². The molecule has 1 saturated carbocycles.